The van der Waals surface area contributed by atoms with Gasteiger partial charge in [-0.1, -0.05) is 182 Å². The summed E-state index contributed by atoms with van der Waals surface area (Å²) in [4.78, 5) is 2.63. The van der Waals surface area contributed by atoms with E-state index in [1.807, 2.05) is 6.07 Å². The SMILES string of the molecule is C1=CCC2C(=C1)C=CC(N(c1ccc(-c3cccc4oc5ccccc5c34)cc1)c1ccc3c(c1)-c1ccccc1C31c3ccccc3-c3ccccc31)C2c1ccccc1. The number of fused-ring (bicyclic) bond motifs is 14. The van der Waals surface area contributed by atoms with Crippen LogP contribution in [0.15, 0.2) is 228 Å². The molecule has 2 nitrogen and oxygen atoms in total. The lowest BCUT2D eigenvalue weighted by molar-refractivity contribution is 0.437. The summed E-state index contributed by atoms with van der Waals surface area (Å²) >= 11 is 0. The molecular formula is C59H41NO. The van der Waals surface area contributed by atoms with E-state index in [4.69, 9.17) is 4.42 Å². The van der Waals surface area contributed by atoms with Crippen LogP contribution < -0.4 is 4.90 Å². The van der Waals surface area contributed by atoms with E-state index >= 15 is 0 Å². The first-order chi connectivity index (χ1) is 30.3. The Morgan fingerprint density at radius 3 is 1.87 bits per heavy atom. The predicted molar refractivity (Wildman–Crippen MR) is 251 cm³/mol. The molecule has 13 rings (SSSR count). The fourth-order valence-corrected chi connectivity index (χ4v) is 11.7. The molecule has 4 aliphatic carbocycles. The minimum atomic E-state index is -0.381. The number of para-hydroxylation sites is 1. The second kappa shape index (κ2) is 13.3. The van der Waals surface area contributed by atoms with Gasteiger partial charge in [-0.05, 0) is 116 Å². The summed E-state index contributed by atoms with van der Waals surface area (Å²) in [6.07, 6.45) is 12.8. The number of nitrogens with zero attached hydrogens (tertiary/aromatic N) is 1. The maximum absolute atomic E-state index is 6.32. The van der Waals surface area contributed by atoms with Crippen LogP contribution in [0.4, 0.5) is 11.4 Å². The summed E-state index contributed by atoms with van der Waals surface area (Å²) in [6, 6.07) is 70.0. The standard InChI is InChI=1S/C59H41NO/c1-2-16-40(17-3-1)57-43-18-5-4-15-38(43)31-36-54(57)60(41-32-29-39(30-33-41)44-23-14-28-56-58(44)48-22-9-13-27-55(48)61-56)42-34-35-53-49(37-42)47-21-8-12-26-52(47)59(53)50-24-10-6-19-45(50)46-20-7-11-25-51(46)59/h1-17,19-37,43,54,57H,18H2. The highest BCUT2D eigenvalue weighted by Crippen LogP contribution is 2.63. The Morgan fingerprint density at radius 2 is 1.11 bits per heavy atom. The first kappa shape index (κ1) is 34.4. The van der Waals surface area contributed by atoms with Crippen molar-refractivity contribution < 1.29 is 4.42 Å². The van der Waals surface area contributed by atoms with Gasteiger partial charge in [0.2, 0.25) is 0 Å². The van der Waals surface area contributed by atoms with Gasteiger partial charge in [0.25, 0.3) is 0 Å². The number of allylic oxidation sites excluding steroid dienone is 5. The smallest absolute Gasteiger partial charge is 0.136 e. The van der Waals surface area contributed by atoms with Crippen LogP contribution in [-0.4, -0.2) is 6.04 Å². The van der Waals surface area contributed by atoms with Crippen molar-refractivity contribution in [3.8, 4) is 33.4 Å². The van der Waals surface area contributed by atoms with Gasteiger partial charge in [0, 0.05) is 28.1 Å². The Kier molecular flexibility index (Phi) is 7.51. The molecule has 0 bridgehead atoms. The quantitative estimate of drug-likeness (QED) is 0.173. The van der Waals surface area contributed by atoms with Gasteiger partial charge < -0.3 is 9.32 Å². The highest BCUT2D eigenvalue weighted by Gasteiger charge is 2.51. The van der Waals surface area contributed by atoms with Crippen molar-refractivity contribution >= 4 is 33.3 Å². The van der Waals surface area contributed by atoms with E-state index in [-0.39, 0.29) is 17.4 Å². The summed E-state index contributed by atoms with van der Waals surface area (Å²) in [5, 5.41) is 2.30. The van der Waals surface area contributed by atoms with Gasteiger partial charge in [-0.15, -0.1) is 0 Å². The normalized spacial score (nSPS) is 18.7. The molecule has 0 fully saturated rings. The number of benzene rings is 8. The van der Waals surface area contributed by atoms with E-state index in [1.54, 1.807) is 0 Å². The molecule has 0 aliphatic heterocycles. The van der Waals surface area contributed by atoms with Crippen molar-refractivity contribution in [2.75, 3.05) is 4.90 Å². The maximum atomic E-state index is 6.32. The zero-order chi connectivity index (χ0) is 40.1. The molecular weight excluding hydrogens is 739 g/mol. The maximum Gasteiger partial charge on any atom is 0.136 e. The predicted octanol–water partition coefficient (Wildman–Crippen LogP) is 15.0. The van der Waals surface area contributed by atoms with Gasteiger partial charge in [0.1, 0.15) is 11.2 Å². The Hall–Kier alpha value is -7.42. The summed E-state index contributed by atoms with van der Waals surface area (Å²) in [5.74, 6) is 0.592. The van der Waals surface area contributed by atoms with E-state index < -0.39 is 0 Å². The second-order valence-corrected chi connectivity index (χ2v) is 17.0. The van der Waals surface area contributed by atoms with Crippen LogP contribution in [0.3, 0.4) is 0 Å². The van der Waals surface area contributed by atoms with Crippen LogP contribution in [0, 0.1) is 5.92 Å². The summed E-state index contributed by atoms with van der Waals surface area (Å²) in [6.45, 7) is 0. The molecule has 1 heterocycles. The van der Waals surface area contributed by atoms with E-state index in [1.165, 1.54) is 78.1 Å². The molecule has 1 aromatic heterocycles. The molecule has 61 heavy (non-hydrogen) atoms. The van der Waals surface area contributed by atoms with Gasteiger partial charge in [0.05, 0.1) is 11.5 Å². The summed E-state index contributed by atoms with van der Waals surface area (Å²) < 4.78 is 6.32. The zero-order valence-electron chi connectivity index (χ0n) is 33.6. The van der Waals surface area contributed by atoms with E-state index in [0.717, 1.165) is 28.4 Å². The van der Waals surface area contributed by atoms with E-state index in [0.29, 0.717) is 5.92 Å². The lowest BCUT2D eigenvalue weighted by Gasteiger charge is -2.44. The second-order valence-electron chi connectivity index (χ2n) is 17.0. The monoisotopic (exact) mass is 779 g/mol. The molecule has 0 saturated heterocycles. The molecule has 0 amide bonds. The first-order valence-electron chi connectivity index (χ1n) is 21.6. The Balaban J connectivity index is 1.02. The van der Waals surface area contributed by atoms with Crippen molar-refractivity contribution in [2.45, 2.75) is 23.8 Å². The van der Waals surface area contributed by atoms with Gasteiger partial charge in [-0.25, -0.2) is 0 Å². The van der Waals surface area contributed by atoms with Crippen LogP contribution >= 0.6 is 0 Å². The average molecular weight is 780 g/mol. The highest BCUT2D eigenvalue weighted by atomic mass is 16.3. The molecule has 3 atom stereocenters. The van der Waals surface area contributed by atoms with Crippen LogP contribution in [0.1, 0.15) is 40.2 Å². The largest absolute Gasteiger partial charge is 0.456 e. The van der Waals surface area contributed by atoms with Gasteiger partial charge in [-0.2, -0.15) is 0 Å². The number of anilines is 2. The number of hydrogen-bond acceptors (Lipinski definition) is 2. The van der Waals surface area contributed by atoms with Crippen molar-refractivity contribution in [1.82, 2.24) is 0 Å². The van der Waals surface area contributed by atoms with Gasteiger partial charge in [-0.3, -0.25) is 0 Å². The molecule has 3 unspecified atom stereocenters. The molecule has 288 valence electrons. The Bertz CT molecular complexity index is 3260. The van der Waals surface area contributed by atoms with E-state index in [9.17, 15) is 0 Å². The fourth-order valence-electron chi connectivity index (χ4n) is 11.7. The Morgan fingerprint density at radius 1 is 0.508 bits per heavy atom. The van der Waals surface area contributed by atoms with Crippen molar-refractivity contribution in [3.63, 3.8) is 0 Å². The fraction of sp³-hybridized carbons (Fsp3) is 0.0847. The minimum absolute atomic E-state index is 0.0553. The number of furan rings is 1. The number of rotatable bonds is 5. The lowest BCUT2D eigenvalue weighted by atomic mass is 9.69. The third-order valence-electron chi connectivity index (χ3n) is 14.1. The topological polar surface area (TPSA) is 16.4 Å². The van der Waals surface area contributed by atoms with Crippen molar-refractivity contribution in [1.29, 1.82) is 0 Å². The Labute approximate surface area is 356 Å². The zero-order valence-corrected chi connectivity index (χ0v) is 33.6. The van der Waals surface area contributed by atoms with Crippen LogP contribution in [0.2, 0.25) is 0 Å². The van der Waals surface area contributed by atoms with Crippen LogP contribution in [0.25, 0.3) is 55.3 Å². The molecule has 9 aromatic rings. The summed E-state index contributed by atoms with van der Waals surface area (Å²) in [7, 11) is 0. The third-order valence-corrected chi connectivity index (χ3v) is 14.1. The number of hydrogen-bond donors (Lipinski definition) is 0. The van der Waals surface area contributed by atoms with Crippen LogP contribution in [-0.2, 0) is 5.41 Å². The highest BCUT2D eigenvalue weighted by molar-refractivity contribution is 6.12. The average Bonchev–Trinajstić information content (AvgIpc) is 3.96. The minimum Gasteiger partial charge on any atom is -0.456 e. The van der Waals surface area contributed by atoms with Crippen molar-refractivity contribution in [3.05, 3.63) is 252 Å². The molecule has 0 N–H and O–H groups in total. The molecule has 0 saturated carbocycles. The molecule has 1 spiro atoms. The molecule has 0 radical (unpaired) electrons. The molecule has 8 aromatic carbocycles. The summed E-state index contributed by atoms with van der Waals surface area (Å²) in [5.41, 5.74) is 19.7. The van der Waals surface area contributed by atoms with E-state index in [2.05, 4.69) is 217 Å². The van der Waals surface area contributed by atoms with Gasteiger partial charge >= 0.3 is 0 Å². The molecule has 4 aliphatic rings. The first-order valence-corrected chi connectivity index (χ1v) is 21.6. The molecule has 2 heteroatoms. The lowest BCUT2D eigenvalue weighted by Crippen LogP contribution is -2.41. The third kappa shape index (κ3) is 4.91. The van der Waals surface area contributed by atoms with Crippen LogP contribution in [0.5, 0.6) is 0 Å². The van der Waals surface area contributed by atoms with Gasteiger partial charge in [0.15, 0.2) is 0 Å². The van der Waals surface area contributed by atoms with Crippen molar-refractivity contribution in [2.24, 2.45) is 5.92 Å².